The highest BCUT2D eigenvalue weighted by atomic mass is 15.3. The van der Waals surface area contributed by atoms with E-state index >= 15 is 0 Å². The van der Waals surface area contributed by atoms with Gasteiger partial charge in [-0.1, -0.05) is 6.92 Å². The number of rotatable bonds is 3. The molecule has 1 aromatic heterocycles. The molecule has 3 heterocycles. The van der Waals surface area contributed by atoms with Crippen molar-refractivity contribution in [3.8, 4) is 0 Å². The van der Waals surface area contributed by atoms with E-state index in [2.05, 4.69) is 38.9 Å². The Morgan fingerprint density at radius 2 is 2.05 bits per heavy atom. The predicted octanol–water partition coefficient (Wildman–Crippen LogP) is 1.04. The molecule has 5 heteroatoms. The Kier molecular flexibility index (Phi) is 4.17. The van der Waals surface area contributed by atoms with Gasteiger partial charge in [0.25, 0.3) is 0 Å². The Morgan fingerprint density at radius 3 is 2.80 bits per heavy atom. The number of piperazine rings is 1. The van der Waals surface area contributed by atoms with Crippen molar-refractivity contribution in [1.29, 1.82) is 0 Å². The summed E-state index contributed by atoms with van der Waals surface area (Å²) in [5.41, 5.74) is 2.55. The monoisotopic (exact) mass is 275 g/mol. The van der Waals surface area contributed by atoms with Crippen molar-refractivity contribution >= 4 is 5.82 Å². The average Bonchev–Trinajstić information content (AvgIpc) is 2.54. The number of fused-ring (bicyclic) bond motifs is 1. The molecule has 2 aliphatic heterocycles. The van der Waals surface area contributed by atoms with Gasteiger partial charge in [0.05, 0.1) is 5.69 Å². The summed E-state index contributed by atoms with van der Waals surface area (Å²) >= 11 is 0. The fourth-order valence-electron chi connectivity index (χ4n) is 3.16. The van der Waals surface area contributed by atoms with E-state index < -0.39 is 0 Å². The highest BCUT2D eigenvalue weighted by Crippen LogP contribution is 2.23. The summed E-state index contributed by atoms with van der Waals surface area (Å²) in [6, 6.07) is 0.693. The van der Waals surface area contributed by atoms with Crippen LogP contribution in [0.2, 0.25) is 0 Å². The van der Waals surface area contributed by atoms with Crippen molar-refractivity contribution in [1.82, 2.24) is 20.2 Å². The number of anilines is 1. The van der Waals surface area contributed by atoms with E-state index in [0.717, 1.165) is 51.5 Å². The van der Waals surface area contributed by atoms with Crippen molar-refractivity contribution in [3.05, 3.63) is 17.6 Å². The van der Waals surface area contributed by atoms with Gasteiger partial charge in [0.15, 0.2) is 0 Å². The zero-order chi connectivity index (χ0) is 13.9. The maximum absolute atomic E-state index is 4.56. The quantitative estimate of drug-likeness (QED) is 0.893. The van der Waals surface area contributed by atoms with Crippen LogP contribution in [-0.2, 0) is 13.0 Å². The molecule has 0 saturated carbocycles. The van der Waals surface area contributed by atoms with E-state index in [0.29, 0.717) is 6.04 Å². The zero-order valence-corrected chi connectivity index (χ0v) is 12.6. The Hall–Kier alpha value is -1.20. The third-order valence-electron chi connectivity index (χ3n) is 4.68. The molecular formula is C15H25N5. The molecule has 1 fully saturated rings. The first-order valence-corrected chi connectivity index (χ1v) is 7.82. The lowest BCUT2D eigenvalue weighted by molar-refractivity contribution is 0.192. The van der Waals surface area contributed by atoms with E-state index in [4.69, 9.17) is 0 Å². The van der Waals surface area contributed by atoms with Gasteiger partial charge in [-0.25, -0.2) is 9.97 Å². The van der Waals surface area contributed by atoms with Crippen molar-refractivity contribution in [2.45, 2.75) is 39.3 Å². The summed E-state index contributed by atoms with van der Waals surface area (Å²) in [5, 5.41) is 3.44. The molecule has 1 saturated heterocycles. The summed E-state index contributed by atoms with van der Waals surface area (Å²) in [6.45, 7) is 11.0. The second kappa shape index (κ2) is 6.06. The Bertz CT molecular complexity index is 454. The molecule has 1 aromatic rings. The summed E-state index contributed by atoms with van der Waals surface area (Å²) in [6.07, 6.45) is 3.99. The van der Waals surface area contributed by atoms with E-state index in [9.17, 15) is 0 Å². The molecule has 0 aromatic carbocycles. The first kappa shape index (κ1) is 13.8. The van der Waals surface area contributed by atoms with Crippen LogP contribution in [0.3, 0.4) is 0 Å². The van der Waals surface area contributed by atoms with Gasteiger partial charge in [0.1, 0.15) is 12.1 Å². The minimum Gasteiger partial charge on any atom is -0.354 e. The molecule has 0 spiro atoms. The van der Waals surface area contributed by atoms with Crippen molar-refractivity contribution in [2.75, 3.05) is 37.6 Å². The smallest absolute Gasteiger partial charge is 0.136 e. The highest BCUT2D eigenvalue weighted by Gasteiger charge is 2.24. The van der Waals surface area contributed by atoms with Crippen molar-refractivity contribution in [3.63, 3.8) is 0 Å². The van der Waals surface area contributed by atoms with E-state index in [1.807, 2.05) is 0 Å². The average molecular weight is 275 g/mol. The molecule has 0 aliphatic carbocycles. The molecule has 3 rings (SSSR count). The fraction of sp³-hybridized carbons (Fsp3) is 0.733. The Labute approximate surface area is 121 Å². The third-order valence-corrected chi connectivity index (χ3v) is 4.68. The van der Waals surface area contributed by atoms with Crippen LogP contribution < -0.4 is 10.2 Å². The third kappa shape index (κ3) is 2.65. The van der Waals surface area contributed by atoms with E-state index in [1.54, 1.807) is 6.33 Å². The Balaban J connectivity index is 1.72. The SMILES string of the molecule is CCC(C)N1CCN(c2ncnc3c2CNCC3)CC1. The van der Waals surface area contributed by atoms with Crippen LogP contribution in [0.15, 0.2) is 6.33 Å². The molecule has 110 valence electrons. The first-order chi connectivity index (χ1) is 9.79. The maximum Gasteiger partial charge on any atom is 0.136 e. The number of hydrogen-bond acceptors (Lipinski definition) is 5. The van der Waals surface area contributed by atoms with Gasteiger partial charge in [-0.15, -0.1) is 0 Å². The zero-order valence-electron chi connectivity index (χ0n) is 12.6. The molecule has 0 radical (unpaired) electrons. The second-order valence-electron chi connectivity index (χ2n) is 5.83. The predicted molar refractivity (Wildman–Crippen MR) is 81.0 cm³/mol. The second-order valence-corrected chi connectivity index (χ2v) is 5.83. The largest absolute Gasteiger partial charge is 0.354 e. The lowest BCUT2D eigenvalue weighted by atomic mass is 10.1. The van der Waals surface area contributed by atoms with Crippen LogP contribution in [0.5, 0.6) is 0 Å². The van der Waals surface area contributed by atoms with Crippen LogP contribution in [0.1, 0.15) is 31.5 Å². The molecule has 0 amide bonds. The summed E-state index contributed by atoms with van der Waals surface area (Å²) in [4.78, 5) is 14.0. The van der Waals surface area contributed by atoms with Crippen LogP contribution in [0, 0.1) is 0 Å². The van der Waals surface area contributed by atoms with Gasteiger partial charge < -0.3 is 10.2 Å². The molecule has 1 atom stereocenters. The van der Waals surface area contributed by atoms with Gasteiger partial charge >= 0.3 is 0 Å². The van der Waals surface area contributed by atoms with Crippen LogP contribution in [0.25, 0.3) is 0 Å². The summed E-state index contributed by atoms with van der Waals surface area (Å²) in [7, 11) is 0. The van der Waals surface area contributed by atoms with Gasteiger partial charge in [0, 0.05) is 57.3 Å². The van der Waals surface area contributed by atoms with Crippen molar-refractivity contribution < 1.29 is 0 Å². The van der Waals surface area contributed by atoms with E-state index in [1.165, 1.54) is 17.7 Å². The molecule has 20 heavy (non-hydrogen) atoms. The standard InChI is InChI=1S/C15H25N5/c1-3-12(2)19-6-8-20(9-7-19)15-13-10-16-5-4-14(13)17-11-18-15/h11-12,16H,3-10H2,1-2H3. The summed E-state index contributed by atoms with van der Waals surface area (Å²) in [5.74, 6) is 1.16. The first-order valence-electron chi connectivity index (χ1n) is 7.82. The number of nitrogens with one attached hydrogen (secondary N) is 1. The molecule has 0 bridgehead atoms. The maximum atomic E-state index is 4.56. The lowest BCUT2D eigenvalue weighted by Gasteiger charge is -2.39. The topological polar surface area (TPSA) is 44.3 Å². The lowest BCUT2D eigenvalue weighted by Crippen LogP contribution is -2.50. The van der Waals surface area contributed by atoms with Crippen LogP contribution >= 0.6 is 0 Å². The van der Waals surface area contributed by atoms with Gasteiger partial charge in [-0.3, -0.25) is 4.90 Å². The minimum atomic E-state index is 0.693. The van der Waals surface area contributed by atoms with Crippen LogP contribution in [0.4, 0.5) is 5.82 Å². The molecule has 5 nitrogen and oxygen atoms in total. The number of aromatic nitrogens is 2. The molecule has 1 unspecified atom stereocenters. The normalized spacial score (nSPS) is 21.6. The number of nitrogens with zero attached hydrogens (tertiary/aromatic N) is 4. The van der Waals surface area contributed by atoms with Gasteiger partial charge in [-0.2, -0.15) is 0 Å². The van der Waals surface area contributed by atoms with E-state index in [-0.39, 0.29) is 0 Å². The molecule has 1 N–H and O–H groups in total. The minimum absolute atomic E-state index is 0.693. The molecule has 2 aliphatic rings. The highest BCUT2D eigenvalue weighted by molar-refractivity contribution is 5.49. The van der Waals surface area contributed by atoms with Crippen LogP contribution in [-0.4, -0.2) is 53.6 Å². The Morgan fingerprint density at radius 1 is 1.25 bits per heavy atom. The summed E-state index contributed by atoms with van der Waals surface area (Å²) < 4.78 is 0. The molecular weight excluding hydrogens is 250 g/mol. The van der Waals surface area contributed by atoms with Crippen molar-refractivity contribution in [2.24, 2.45) is 0 Å². The van der Waals surface area contributed by atoms with Gasteiger partial charge in [-0.05, 0) is 13.3 Å². The van der Waals surface area contributed by atoms with Gasteiger partial charge in [0.2, 0.25) is 0 Å². The number of hydrogen-bond donors (Lipinski definition) is 1. The fourth-order valence-corrected chi connectivity index (χ4v) is 3.16.